The van der Waals surface area contributed by atoms with E-state index in [0.29, 0.717) is 25.1 Å². The maximum atomic E-state index is 12.0. The van der Waals surface area contributed by atoms with Gasteiger partial charge in [0.25, 0.3) is 5.91 Å². The van der Waals surface area contributed by atoms with Crippen molar-refractivity contribution in [3.8, 4) is 0 Å². The zero-order valence-corrected chi connectivity index (χ0v) is 12.3. The molecule has 1 heterocycles. The van der Waals surface area contributed by atoms with Crippen molar-refractivity contribution in [1.29, 1.82) is 0 Å². The van der Waals surface area contributed by atoms with E-state index in [1.807, 2.05) is 18.2 Å². The number of benzene rings is 1. The van der Waals surface area contributed by atoms with Crippen LogP contribution in [0, 0.1) is 5.92 Å². The number of ketones is 1. The van der Waals surface area contributed by atoms with Gasteiger partial charge in [-0.25, -0.2) is 0 Å². The van der Waals surface area contributed by atoms with Gasteiger partial charge in [0.05, 0.1) is 6.04 Å². The SMILES string of the molecule is CC(=O)[C@@H]1C[C@@H](CNC(=O)c2ccccc2)CN1C(C)=O. The van der Waals surface area contributed by atoms with Crippen LogP contribution in [0.5, 0.6) is 0 Å². The third-order valence-electron chi connectivity index (χ3n) is 3.85. The maximum absolute atomic E-state index is 12.0. The molecule has 2 amide bonds. The molecule has 1 aromatic rings. The first-order valence-electron chi connectivity index (χ1n) is 7.10. The van der Waals surface area contributed by atoms with Crippen LogP contribution in [0.1, 0.15) is 30.6 Å². The largest absolute Gasteiger partial charge is 0.352 e. The quantitative estimate of drug-likeness (QED) is 0.906. The first-order chi connectivity index (χ1) is 9.99. The van der Waals surface area contributed by atoms with Crippen molar-refractivity contribution in [3.05, 3.63) is 35.9 Å². The number of rotatable bonds is 4. The van der Waals surface area contributed by atoms with Crippen LogP contribution in [0.25, 0.3) is 0 Å². The van der Waals surface area contributed by atoms with Crippen molar-refractivity contribution in [2.45, 2.75) is 26.3 Å². The molecule has 112 valence electrons. The van der Waals surface area contributed by atoms with Crippen LogP contribution in [-0.4, -0.2) is 41.6 Å². The van der Waals surface area contributed by atoms with Crippen molar-refractivity contribution in [1.82, 2.24) is 10.2 Å². The predicted octanol–water partition coefficient (Wildman–Crippen LogP) is 1.24. The first kappa shape index (κ1) is 15.2. The summed E-state index contributed by atoms with van der Waals surface area (Å²) in [4.78, 5) is 36.7. The van der Waals surface area contributed by atoms with Crippen LogP contribution >= 0.6 is 0 Å². The lowest BCUT2D eigenvalue weighted by atomic mass is 10.0. The van der Waals surface area contributed by atoms with E-state index in [9.17, 15) is 14.4 Å². The summed E-state index contributed by atoms with van der Waals surface area (Å²) in [6.45, 7) is 3.97. The Balaban J connectivity index is 1.91. The highest BCUT2D eigenvalue weighted by molar-refractivity contribution is 5.94. The highest BCUT2D eigenvalue weighted by Crippen LogP contribution is 2.23. The number of carbonyl (C=O) groups excluding carboxylic acids is 3. The minimum absolute atomic E-state index is 0.00193. The van der Waals surface area contributed by atoms with Gasteiger partial charge in [0.1, 0.15) is 0 Å². The fourth-order valence-corrected chi connectivity index (χ4v) is 2.73. The molecule has 1 aliphatic rings. The van der Waals surface area contributed by atoms with Crippen molar-refractivity contribution in [2.24, 2.45) is 5.92 Å². The Morgan fingerprint density at radius 3 is 2.38 bits per heavy atom. The summed E-state index contributed by atoms with van der Waals surface area (Å²) in [6.07, 6.45) is 0.615. The zero-order chi connectivity index (χ0) is 15.4. The molecule has 1 aliphatic heterocycles. The van der Waals surface area contributed by atoms with Crippen LogP contribution in [0.4, 0.5) is 0 Å². The molecule has 0 aromatic heterocycles. The van der Waals surface area contributed by atoms with Gasteiger partial charge in [-0.2, -0.15) is 0 Å². The number of carbonyl (C=O) groups is 3. The maximum Gasteiger partial charge on any atom is 0.251 e. The molecule has 5 nitrogen and oxygen atoms in total. The van der Waals surface area contributed by atoms with E-state index in [-0.39, 0.29) is 29.6 Å². The Labute approximate surface area is 124 Å². The van der Waals surface area contributed by atoms with Gasteiger partial charge < -0.3 is 10.2 Å². The molecule has 0 spiro atoms. The van der Waals surface area contributed by atoms with Crippen molar-refractivity contribution in [3.63, 3.8) is 0 Å². The smallest absolute Gasteiger partial charge is 0.251 e. The molecule has 2 rings (SSSR count). The van der Waals surface area contributed by atoms with Crippen LogP contribution < -0.4 is 5.32 Å². The molecule has 0 unspecified atom stereocenters. The average molecular weight is 288 g/mol. The molecular weight excluding hydrogens is 268 g/mol. The van der Waals surface area contributed by atoms with Crippen LogP contribution in [0.15, 0.2) is 30.3 Å². The van der Waals surface area contributed by atoms with E-state index >= 15 is 0 Å². The Bertz CT molecular complexity index is 520. The molecule has 1 saturated heterocycles. The van der Waals surface area contributed by atoms with Gasteiger partial charge in [-0.1, -0.05) is 18.2 Å². The third-order valence-corrected chi connectivity index (χ3v) is 3.85. The number of nitrogens with zero attached hydrogens (tertiary/aromatic N) is 1. The van der Waals surface area contributed by atoms with Gasteiger partial charge in [-0.15, -0.1) is 0 Å². The number of amides is 2. The minimum atomic E-state index is -0.346. The summed E-state index contributed by atoms with van der Waals surface area (Å²) in [5.41, 5.74) is 0.613. The first-order valence-corrected chi connectivity index (χ1v) is 7.10. The standard InChI is InChI=1S/C16H20N2O3/c1-11(19)15-8-13(10-18(15)12(2)20)9-17-16(21)14-6-4-3-5-7-14/h3-7,13,15H,8-10H2,1-2H3,(H,17,21)/t13-,15-/m0/s1. The Morgan fingerprint density at radius 1 is 1.19 bits per heavy atom. The van der Waals surface area contributed by atoms with E-state index in [0.717, 1.165) is 0 Å². The highest BCUT2D eigenvalue weighted by atomic mass is 16.2. The molecule has 1 aromatic carbocycles. The highest BCUT2D eigenvalue weighted by Gasteiger charge is 2.36. The van der Waals surface area contributed by atoms with Gasteiger partial charge in [0.15, 0.2) is 5.78 Å². The van der Waals surface area contributed by atoms with Gasteiger partial charge in [0.2, 0.25) is 5.91 Å². The lowest BCUT2D eigenvalue weighted by Crippen LogP contribution is -2.38. The predicted molar refractivity (Wildman–Crippen MR) is 78.7 cm³/mol. The molecule has 1 fully saturated rings. The van der Waals surface area contributed by atoms with Gasteiger partial charge in [-0.3, -0.25) is 14.4 Å². The number of hydrogen-bond acceptors (Lipinski definition) is 3. The van der Waals surface area contributed by atoms with E-state index in [1.54, 1.807) is 17.0 Å². The molecule has 0 radical (unpaired) electrons. The molecule has 0 aliphatic carbocycles. The van der Waals surface area contributed by atoms with Gasteiger partial charge in [0, 0.05) is 25.6 Å². The summed E-state index contributed by atoms with van der Waals surface area (Å²) < 4.78 is 0. The Hall–Kier alpha value is -2.17. The third kappa shape index (κ3) is 3.68. The molecular formula is C16H20N2O3. The molecule has 5 heteroatoms. The van der Waals surface area contributed by atoms with E-state index in [4.69, 9.17) is 0 Å². The molecule has 2 atom stereocenters. The van der Waals surface area contributed by atoms with E-state index < -0.39 is 0 Å². The van der Waals surface area contributed by atoms with Gasteiger partial charge >= 0.3 is 0 Å². The van der Waals surface area contributed by atoms with E-state index in [1.165, 1.54) is 13.8 Å². The number of Topliss-reactive ketones (excluding diaryl/α,β-unsaturated/α-hetero) is 1. The fourth-order valence-electron chi connectivity index (χ4n) is 2.73. The Morgan fingerprint density at radius 2 is 1.86 bits per heavy atom. The van der Waals surface area contributed by atoms with E-state index in [2.05, 4.69) is 5.32 Å². The number of likely N-dealkylation sites (tertiary alicyclic amines) is 1. The lowest BCUT2D eigenvalue weighted by molar-refractivity contribution is -0.135. The normalized spacial score (nSPS) is 21.1. The fraction of sp³-hybridized carbons (Fsp3) is 0.438. The average Bonchev–Trinajstić information content (AvgIpc) is 2.90. The van der Waals surface area contributed by atoms with Crippen LogP contribution in [0.3, 0.4) is 0 Å². The second-order valence-electron chi connectivity index (χ2n) is 5.48. The van der Waals surface area contributed by atoms with Crippen LogP contribution in [-0.2, 0) is 9.59 Å². The van der Waals surface area contributed by atoms with Crippen molar-refractivity contribution in [2.75, 3.05) is 13.1 Å². The van der Waals surface area contributed by atoms with Crippen LogP contribution in [0.2, 0.25) is 0 Å². The Kier molecular flexibility index (Phi) is 4.73. The summed E-state index contributed by atoms with van der Waals surface area (Å²) >= 11 is 0. The second-order valence-corrected chi connectivity index (χ2v) is 5.48. The minimum Gasteiger partial charge on any atom is -0.352 e. The lowest BCUT2D eigenvalue weighted by Gasteiger charge is -2.20. The number of nitrogens with one attached hydrogen (secondary N) is 1. The molecule has 1 N–H and O–H groups in total. The summed E-state index contributed by atoms with van der Waals surface area (Å²) in [5, 5.41) is 2.87. The molecule has 0 saturated carbocycles. The topological polar surface area (TPSA) is 66.5 Å². The molecule has 0 bridgehead atoms. The van der Waals surface area contributed by atoms with Crippen molar-refractivity contribution < 1.29 is 14.4 Å². The van der Waals surface area contributed by atoms with Crippen molar-refractivity contribution >= 4 is 17.6 Å². The number of hydrogen-bond donors (Lipinski definition) is 1. The zero-order valence-electron chi connectivity index (χ0n) is 12.3. The summed E-state index contributed by atoms with van der Waals surface area (Å²) in [7, 11) is 0. The second kappa shape index (κ2) is 6.52. The summed E-state index contributed by atoms with van der Waals surface area (Å²) in [6, 6.07) is 8.65. The van der Waals surface area contributed by atoms with Gasteiger partial charge in [-0.05, 0) is 31.4 Å². The monoisotopic (exact) mass is 288 g/mol. The molecule has 21 heavy (non-hydrogen) atoms. The summed E-state index contributed by atoms with van der Waals surface area (Å²) in [5.74, 6) is -0.0964.